The molecule has 2 rings (SSSR count). The molecule has 1 fully saturated rings. The summed E-state index contributed by atoms with van der Waals surface area (Å²) >= 11 is 0. The van der Waals surface area contributed by atoms with Crippen LogP contribution in [0.3, 0.4) is 0 Å². The number of hydrogen-bond acceptors (Lipinski definition) is 2. The second-order valence-corrected chi connectivity index (χ2v) is 3.79. The molecule has 1 aliphatic rings. The first-order valence-electron chi connectivity index (χ1n) is 4.86. The average Bonchev–Trinajstić information content (AvgIpc) is 2.12. The monoisotopic (exact) mass is 190 g/mol. The molecule has 0 heterocycles. The van der Waals surface area contributed by atoms with Crippen molar-refractivity contribution in [2.24, 2.45) is 5.73 Å². The number of benzene rings is 1. The number of primary amides is 1. The summed E-state index contributed by atoms with van der Waals surface area (Å²) in [6, 6.07) is 9.72. The van der Waals surface area contributed by atoms with Crippen LogP contribution in [0.2, 0.25) is 0 Å². The van der Waals surface area contributed by atoms with Gasteiger partial charge in [0, 0.05) is 5.69 Å². The van der Waals surface area contributed by atoms with Gasteiger partial charge in [-0.05, 0) is 31.4 Å². The molecule has 1 aliphatic carbocycles. The number of carbonyl (C=O) groups is 1. The van der Waals surface area contributed by atoms with Crippen LogP contribution in [-0.4, -0.2) is 11.4 Å². The van der Waals surface area contributed by atoms with E-state index in [2.05, 4.69) is 5.32 Å². The molecular weight excluding hydrogens is 176 g/mol. The van der Waals surface area contributed by atoms with Gasteiger partial charge in [0.05, 0.1) is 0 Å². The molecule has 0 aromatic heterocycles. The van der Waals surface area contributed by atoms with E-state index in [1.54, 1.807) is 0 Å². The third kappa shape index (κ3) is 1.45. The molecule has 3 N–H and O–H groups in total. The minimum absolute atomic E-state index is 0.243. The maximum atomic E-state index is 11.3. The Kier molecular flexibility index (Phi) is 2.15. The third-order valence-electron chi connectivity index (χ3n) is 2.84. The van der Waals surface area contributed by atoms with Gasteiger partial charge in [-0.2, -0.15) is 0 Å². The molecule has 1 aromatic rings. The lowest BCUT2D eigenvalue weighted by Crippen LogP contribution is -2.55. The van der Waals surface area contributed by atoms with Crippen LogP contribution < -0.4 is 11.1 Å². The maximum Gasteiger partial charge on any atom is 0.243 e. The van der Waals surface area contributed by atoms with E-state index in [-0.39, 0.29) is 5.91 Å². The molecule has 74 valence electrons. The molecule has 0 bridgehead atoms. The van der Waals surface area contributed by atoms with Crippen molar-refractivity contribution in [2.45, 2.75) is 24.8 Å². The topological polar surface area (TPSA) is 55.1 Å². The van der Waals surface area contributed by atoms with Crippen molar-refractivity contribution in [1.82, 2.24) is 0 Å². The van der Waals surface area contributed by atoms with Crippen molar-refractivity contribution in [2.75, 3.05) is 5.32 Å². The van der Waals surface area contributed by atoms with E-state index >= 15 is 0 Å². The summed E-state index contributed by atoms with van der Waals surface area (Å²) in [4.78, 5) is 11.3. The normalized spacial score (nSPS) is 18.3. The quantitative estimate of drug-likeness (QED) is 0.759. The maximum absolute atomic E-state index is 11.3. The molecule has 0 radical (unpaired) electrons. The van der Waals surface area contributed by atoms with Crippen LogP contribution in [-0.2, 0) is 4.79 Å². The SMILES string of the molecule is NC(=O)C1(Nc2ccccc2)CCC1. The molecule has 3 heteroatoms. The zero-order valence-corrected chi connectivity index (χ0v) is 7.99. The van der Waals surface area contributed by atoms with Gasteiger partial charge < -0.3 is 11.1 Å². The number of nitrogens with two attached hydrogens (primary N) is 1. The first kappa shape index (κ1) is 9.06. The Morgan fingerprint density at radius 1 is 1.29 bits per heavy atom. The van der Waals surface area contributed by atoms with Crippen LogP contribution in [0.4, 0.5) is 5.69 Å². The molecule has 1 aromatic carbocycles. The Hall–Kier alpha value is -1.51. The largest absolute Gasteiger partial charge is 0.371 e. The van der Waals surface area contributed by atoms with Gasteiger partial charge in [0.2, 0.25) is 5.91 Å². The second kappa shape index (κ2) is 3.33. The van der Waals surface area contributed by atoms with Crippen molar-refractivity contribution in [1.29, 1.82) is 0 Å². The van der Waals surface area contributed by atoms with E-state index in [1.807, 2.05) is 30.3 Å². The highest BCUT2D eigenvalue weighted by molar-refractivity contribution is 5.89. The van der Waals surface area contributed by atoms with E-state index in [0.29, 0.717) is 0 Å². The van der Waals surface area contributed by atoms with Crippen LogP contribution in [0.15, 0.2) is 30.3 Å². The molecule has 0 saturated heterocycles. The third-order valence-corrected chi connectivity index (χ3v) is 2.84. The van der Waals surface area contributed by atoms with Gasteiger partial charge in [-0.25, -0.2) is 0 Å². The highest BCUT2D eigenvalue weighted by Gasteiger charge is 2.42. The summed E-state index contributed by atoms with van der Waals surface area (Å²) in [5.41, 5.74) is 5.86. The van der Waals surface area contributed by atoms with Crippen LogP contribution in [0.1, 0.15) is 19.3 Å². The summed E-state index contributed by atoms with van der Waals surface area (Å²) in [7, 11) is 0. The summed E-state index contributed by atoms with van der Waals surface area (Å²) < 4.78 is 0. The minimum Gasteiger partial charge on any atom is -0.371 e. The lowest BCUT2D eigenvalue weighted by atomic mass is 9.76. The van der Waals surface area contributed by atoms with Gasteiger partial charge in [0.25, 0.3) is 0 Å². The first-order chi connectivity index (χ1) is 6.73. The zero-order chi connectivity index (χ0) is 10.0. The van der Waals surface area contributed by atoms with Crippen molar-refractivity contribution in [3.63, 3.8) is 0 Å². The van der Waals surface area contributed by atoms with Gasteiger partial charge in [-0.15, -0.1) is 0 Å². The predicted octanol–water partition coefficient (Wildman–Crippen LogP) is 1.51. The summed E-state index contributed by atoms with van der Waals surface area (Å²) in [5, 5.41) is 3.22. The van der Waals surface area contributed by atoms with E-state index in [1.165, 1.54) is 0 Å². The Morgan fingerprint density at radius 3 is 2.36 bits per heavy atom. The predicted molar refractivity (Wildman–Crippen MR) is 55.8 cm³/mol. The molecule has 0 spiro atoms. The fraction of sp³-hybridized carbons (Fsp3) is 0.364. The highest BCUT2D eigenvalue weighted by atomic mass is 16.1. The van der Waals surface area contributed by atoms with Gasteiger partial charge in [0.1, 0.15) is 5.54 Å². The summed E-state index contributed by atoms with van der Waals surface area (Å²) in [5.74, 6) is -0.243. The van der Waals surface area contributed by atoms with E-state index in [9.17, 15) is 4.79 Å². The summed E-state index contributed by atoms with van der Waals surface area (Å²) in [6.45, 7) is 0. The Bertz CT molecular complexity index is 330. The number of carbonyl (C=O) groups excluding carboxylic acids is 1. The number of hydrogen-bond donors (Lipinski definition) is 2. The molecule has 3 nitrogen and oxygen atoms in total. The van der Waals surface area contributed by atoms with Crippen LogP contribution in [0.25, 0.3) is 0 Å². The van der Waals surface area contributed by atoms with E-state index in [4.69, 9.17) is 5.73 Å². The smallest absolute Gasteiger partial charge is 0.243 e. The molecule has 1 saturated carbocycles. The lowest BCUT2D eigenvalue weighted by Gasteiger charge is -2.40. The second-order valence-electron chi connectivity index (χ2n) is 3.79. The van der Waals surface area contributed by atoms with Crippen LogP contribution in [0.5, 0.6) is 0 Å². The number of nitrogens with one attached hydrogen (secondary N) is 1. The van der Waals surface area contributed by atoms with Crippen molar-refractivity contribution < 1.29 is 4.79 Å². The molecule has 14 heavy (non-hydrogen) atoms. The zero-order valence-electron chi connectivity index (χ0n) is 7.99. The molecule has 0 atom stereocenters. The lowest BCUT2D eigenvalue weighted by molar-refractivity contribution is -0.124. The van der Waals surface area contributed by atoms with Crippen molar-refractivity contribution in [3.8, 4) is 0 Å². The van der Waals surface area contributed by atoms with Gasteiger partial charge in [-0.1, -0.05) is 18.2 Å². The summed E-state index contributed by atoms with van der Waals surface area (Å²) in [6.07, 6.45) is 2.76. The number of amides is 1. The molecule has 1 amide bonds. The number of anilines is 1. The number of rotatable bonds is 3. The minimum atomic E-state index is -0.485. The van der Waals surface area contributed by atoms with Gasteiger partial charge in [-0.3, -0.25) is 4.79 Å². The van der Waals surface area contributed by atoms with Crippen LogP contribution in [0, 0.1) is 0 Å². The van der Waals surface area contributed by atoms with Gasteiger partial charge >= 0.3 is 0 Å². The van der Waals surface area contributed by atoms with Gasteiger partial charge in [0.15, 0.2) is 0 Å². The molecular formula is C11H14N2O. The highest BCUT2D eigenvalue weighted by Crippen LogP contribution is 2.34. The fourth-order valence-electron chi connectivity index (χ4n) is 1.76. The van der Waals surface area contributed by atoms with Crippen molar-refractivity contribution >= 4 is 11.6 Å². The Morgan fingerprint density at radius 2 is 1.93 bits per heavy atom. The molecule has 0 unspecified atom stereocenters. The standard InChI is InChI=1S/C11H14N2O/c12-10(14)11(7-4-8-11)13-9-5-2-1-3-6-9/h1-3,5-6,13H,4,7-8H2,(H2,12,14). The van der Waals surface area contributed by atoms with Crippen molar-refractivity contribution in [3.05, 3.63) is 30.3 Å². The van der Waals surface area contributed by atoms with E-state index in [0.717, 1.165) is 24.9 Å². The van der Waals surface area contributed by atoms with E-state index < -0.39 is 5.54 Å². The fourth-order valence-corrected chi connectivity index (χ4v) is 1.76. The average molecular weight is 190 g/mol. The number of para-hydroxylation sites is 1. The Balaban J connectivity index is 2.13. The molecule has 0 aliphatic heterocycles. The Labute approximate surface area is 83.3 Å². The van der Waals surface area contributed by atoms with Crippen LogP contribution >= 0.6 is 0 Å². The first-order valence-corrected chi connectivity index (χ1v) is 4.86.